The molecule has 0 radical (unpaired) electrons. The number of rotatable bonds is 1. The Hall–Kier alpha value is -0.620. The fraction of sp³-hybridized carbons (Fsp3) is 0.750. The van der Waals surface area contributed by atoms with Crippen LogP contribution in [0.2, 0.25) is 0 Å². The van der Waals surface area contributed by atoms with Gasteiger partial charge in [-0.3, -0.25) is 0 Å². The van der Waals surface area contributed by atoms with Crippen molar-refractivity contribution in [3.8, 4) is 0 Å². The van der Waals surface area contributed by atoms with Crippen LogP contribution in [0.1, 0.15) is 6.92 Å². The van der Waals surface area contributed by atoms with Crippen molar-refractivity contribution >= 4 is 0 Å². The lowest BCUT2D eigenvalue weighted by atomic mass is 9.99. The average molecular weight is 190 g/mol. The maximum absolute atomic E-state index is 9.37. The highest BCUT2D eigenvalue weighted by Crippen LogP contribution is 2.19. The Labute approximate surface area is 75.9 Å². The lowest BCUT2D eigenvalue weighted by Gasteiger charge is -2.34. The first-order valence-corrected chi connectivity index (χ1v) is 4.09. The lowest BCUT2D eigenvalue weighted by Crippen LogP contribution is -2.53. The summed E-state index contributed by atoms with van der Waals surface area (Å²) in [6.45, 7) is 1.49. The lowest BCUT2D eigenvalue weighted by molar-refractivity contribution is -0.183. The Kier molecular flexibility index (Phi) is 3.27. The summed E-state index contributed by atoms with van der Waals surface area (Å²) in [7, 11) is 0. The molecule has 0 amide bonds. The third-order valence-corrected chi connectivity index (χ3v) is 2.09. The van der Waals surface area contributed by atoms with E-state index in [1.807, 2.05) is 0 Å². The van der Waals surface area contributed by atoms with Crippen molar-refractivity contribution in [2.45, 2.75) is 31.3 Å². The first-order chi connectivity index (χ1) is 6.07. The van der Waals surface area contributed by atoms with Gasteiger partial charge >= 0.3 is 0 Å². The molecule has 1 fully saturated rings. The van der Waals surface area contributed by atoms with E-state index in [4.69, 9.17) is 9.84 Å². The molecule has 1 heterocycles. The summed E-state index contributed by atoms with van der Waals surface area (Å²) in [4.78, 5) is 0. The van der Waals surface area contributed by atoms with Gasteiger partial charge in [0.15, 0.2) is 0 Å². The zero-order chi connectivity index (χ0) is 10.0. The average Bonchev–Trinajstić information content (AvgIpc) is 2.13. The van der Waals surface area contributed by atoms with Gasteiger partial charge in [0, 0.05) is 0 Å². The fourth-order valence-electron chi connectivity index (χ4n) is 1.23. The van der Waals surface area contributed by atoms with Crippen LogP contribution in [0, 0.1) is 0 Å². The molecule has 76 valence electrons. The molecule has 0 unspecified atom stereocenters. The highest BCUT2D eigenvalue weighted by Gasteiger charge is 2.39. The summed E-state index contributed by atoms with van der Waals surface area (Å²) >= 11 is 0. The molecule has 0 saturated carbocycles. The molecule has 1 aliphatic rings. The normalized spacial score (nSPS) is 42.0. The van der Waals surface area contributed by atoms with Gasteiger partial charge in [-0.25, -0.2) is 0 Å². The highest BCUT2D eigenvalue weighted by molar-refractivity contribution is 5.04. The fourth-order valence-corrected chi connectivity index (χ4v) is 1.23. The number of aliphatic hydroxyl groups is 4. The van der Waals surface area contributed by atoms with Gasteiger partial charge in [0.05, 0.1) is 6.61 Å². The van der Waals surface area contributed by atoms with Crippen LogP contribution in [0.3, 0.4) is 0 Å². The Bertz CT molecular complexity index is 203. The molecule has 5 heteroatoms. The smallest absolute Gasteiger partial charge is 0.142 e. The molecule has 5 nitrogen and oxygen atoms in total. The quantitative estimate of drug-likeness (QED) is 0.395. The minimum atomic E-state index is -1.29. The van der Waals surface area contributed by atoms with E-state index >= 15 is 0 Å². The van der Waals surface area contributed by atoms with Crippen LogP contribution in [-0.4, -0.2) is 51.4 Å². The number of ether oxygens (including phenoxy) is 1. The predicted molar refractivity (Wildman–Crippen MR) is 44.1 cm³/mol. The van der Waals surface area contributed by atoms with Crippen LogP contribution in [0.4, 0.5) is 0 Å². The highest BCUT2D eigenvalue weighted by atomic mass is 16.5. The Balaban J connectivity index is 2.69. The van der Waals surface area contributed by atoms with Crippen molar-refractivity contribution in [2.75, 3.05) is 6.61 Å². The monoisotopic (exact) mass is 190 g/mol. The largest absolute Gasteiger partial charge is 0.510 e. The molecule has 0 aromatic carbocycles. The second kappa shape index (κ2) is 4.06. The minimum absolute atomic E-state index is 0.0964. The van der Waals surface area contributed by atoms with E-state index in [2.05, 4.69) is 0 Å². The Morgan fingerprint density at radius 1 is 1.31 bits per heavy atom. The van der Waals surface area contributed by atoms with E-state index in [-0.39, 0.29) is 12.4 Å². The number of aliphatic hydroxyl groups excluding tert-OH is 4. The van der Waals surface area contributed by atoms with Gasteiger partial charge in [0.1, 0.15) is 30.2 Å². The second-order valence-electron chi connectivity index (χ2n) is 3.02. The van der Waals surface area contributed by atoms with Gasteiger partial charge in [-0.15, -0.1) is 0 Å². The molecule has 1 rings (SSSR count). The molecule has 4 atom stereocenters. The molecule has 1 saturated heterocycles. The molecule has 0 aromatic heterocycles. The second-order valence-corrected chi connectivity index (χ2v) is 3.02. The zero-order valence-corrected chi connectivity index (χ0v) is 7.29. The van der Waals surface area contributed by atoms with E-state index in [1.54, 1.807) is 6.92 Å². The molecule has 13 heavy (non-hydrogen) atoms. The molecule has 1 aliphatic heterocycles. The molecule has 4 N–H and O–H groups in total. The topological polar surface area (TPSA) is 90.2 Å². The number of allylic oxidation sites excluding steroid dienone is 1. The third kappa shape index (κ3) is 2.00. The first-order valence-electron chi connectivity index (χ1n) is 4.09. The first kappa shape index (κ1) is 10.5. The van der Waals surface area contributed by atoms with E-state index in [0.717, 1.165) is 0 Å². The van der Waals surface area contributed by atoms with E-state index in [0.29, 0.717) is 0 Å². The van der Waals surface area contributed by atoms with Crippen molar-refractivity contribution in [1.82, 2.24) is 0 Å². The van der Waals surface area contributed by atoms with Crippen molar-refractivity contribution in [1.29, 1.82) is 0 Å². The van der Waals surface area contributed by atoms with Gasteiger partial charge in [-0.1, -0.05) is 0 Å². The summed E-state index contributed by atoms with van der Waals surface area (Å²) in [5.41, 5.74) is 0. The maximum atomic E-state index is 9.37. The standard InChI is InChI=1S/C8H14O5/c1-2-4(9)8-7(12)6(11)5(10)3-13-8/h2,5-12H,3H2,1H3/t5-,6+,7-,8+/m0/s1. The van der Waals surface area contributed by atoms with Crippen LogP contribution in [-0.2, 0) is 4.74 Å². The van der Waals surface area contributed by atoms with Crippen LogP contribution in [0.5, 0.6) is 0 Å². The van der Waals surface area contributed by atoms with Gasteiger partial charge in [-0.05, 0) is 13.0 Å². The predicted octanol–water partition coefficient (Wildman–Crippen LogP) is -1.07. The van der Waals surface area contributed by atoms with E-state index in [9.17, 15) is 15.3 Å². The molecule has 0 spiro atoms. The summed E-state index contributed by atoms with van der Waals surface area (Å²) in [6, 6.07) is 0. The molecule has 0 aromatic rings. The molecular formula is C8H14O5. The van der Waals surface area contributed by atoms with Crippen LogP contribution < -0.4 is 0 Å². The van der Waals surface area contributed by atoms with Crippen LogP contribution in [0.15, 0.2) is 11.8 Å². The SMILES string of the molecule is CC=C(O)[C@H]1OC[C@H](O)[C@@H](O)[C@@H]1O. The van der Waals surface area contributed by atoms with Gasteiger partial charge < -0.3 is 25.2 Å². The molecular weight excluding hydrogens is 176 g/mol. The van der Waals surface area contributed by atoms with E-state index in [1.165, 1.54) is 6.08 Å². The minimum Gasteiger partial charge on any atom is -0.510 e. The van der Waals surface area contributed by atoms with Crippen molar-refractivity contribution < 1.29 is 25.2 Å². The number of hydrogen-bond donors (Lipinski definition) is 4. The summed E-state index contributed by atoms with van der Waals surface area (Å²) in [6.07, 6.45) is -3.24. The van der Waals surface area contributed by atoms with Crippen LogP contribution in [0.25, 0.3) is 0 Å². The van der Waals surface area contributed by atoms with Crippen molar-refractivity contribution in [3.63, 3.8) is 0 Å². The molecule has 0 aliphatic carbocycles. The summed E-state index contributed by atoms with van der Waals surface area (Å²) in [5, 5.41) is 36.9. The van der Waals surface area contributed by atoms with Gasteiger partial charge in [-0.2, -0.15) is 0 Å². The molecule has 0 bridgehead atoms. The van der Waals surface area contributed by atoms with E-state index < -0.39 is 24.4 Å². The summed E-state index contributed by atoms with van der Waals surface area (Å²) in [5.74, 6) is -0.140. The Morgan fingerprint density at radius 2 is 1.92 bits per heavy atom. The van der Waals surface area contributed by atoms with Gasteiger partial charge in [0.25, 0.3) is 0 Å². The van der Waals surface area contributed by atoms with Crippen molar-refractivity contribution in [2.24, 2.45) is 0 Å². The third-order valence-electron chi connectivity index (χ3n) is 2.09. The zero-order valence-electron chi connectivity index (χ0n) is 7.29. The summed E-state index contributed by atoms with van der Waals surface area (Å²) < 4.78 is 4.95. The van der Waals surface area contributed by atoms with Crippen LogP contribution >= 0.6 is 0 Å². The van der Waals surface area contributed by atoms with Crippen molar-refractivity contribution in [3.05, 3.63) is 11.8 Å². The maximum Gasteiger partial charge on any atom is 0.142 e. The van der Waals surface area contributed by atoms with Gasteiger partial charge in [0.2, 0.25) is 0 Å². The number of hydrogen-bond acceptors (Lipinski definition) is 5. The Morgan fingerprint density at radius 3 is 2.46 bits per heavy atom.